The molecule has 1 unspecified atom stereocenters. The van der Waals surface area contributed by atoms with Gasteiger partial charge in [-0.15, -0.1) is 8.86 Å². The van der Waals surface area contributed by atoms with Crippen LogP contribution in [0.1, 0.15) is 59.3 Å². The van der Waals surface area contributed by atoms with Crippen LogP contribution in [0.4, 0.5) is 0 Å². The van der Waals surface area contributed by atoms with Crippen molar-refractivity contribution in [2.45, 2.75) is 59.3 Å². The van der Waals surface area contributed by atoms with Gasteiger partial charge in [0.05, 0.1) is 0 Å². The molecule has 0 saturated heterocycles. The Morgan fingerprint density at radius 3 is 2.42 bits per heavy atom. The summed E-state index contributed by atoms with van der Waals surface area (Å²) in [4.78, 5) is 0. The largest absolute Gasteiger partial charge is 0.123 e. The maximum Gasteiger partial charge on any atom is -0.0253 e. The minimum atomic E-state index is 0.861. The zero-order valence-electron chi connectivity index (χ0n) is 8.82. The molecule has 0 aromatic carbocycles. The van der Waals surface area contributed by atoms with E-state index >= 15 is 0 Å². The van der Waals surface area contributed by atoms with Gasteiger partial charge in [0.15, 0.2) is 0 Å². The van der Waals surface area contributed by atoms with Crippen LogP contribution < -0.4 is 0 Å². The van der Waals surface area contributed by atoms with Crippen LogP contribution in [0.15, 0.2) is 0 Å². The van der Waals surface area contributed by atoms with Crippen LogP contribution in [0.2, 0.25) is 0 Å². The Hall–Kier alpha value is 0.170. The Balaban J connectivity index is 3.40. The topological polar surface area (TPSA) is 0 Å². The van der Waals surface area contributed by atoms with Crippen molar-refractivity contribution >= 4 is 14.2 Å². The SMILES string of the molecule is CCCCC(=P)CC(C)CCC. The van der Waals surface area contributed by atoms with Crippen LogP contribution in [0, 0.1) is 5.92 Å². The molecule has 0 N–H and O–H groups in total. The average molecular weight is 186 g/mol. The van der Waals surface area contributed by atoms with E-state index in [0.29, 0.717) is 0 Å². The van der Waals surface area contributed by atoms with E-state index in [1.54, 1.807) is 0 Å². The highest BCUT2D eigenvalue weighted by Gasteiger charge is 2.02. The number of rotatable bonds is 7. The van der Waals surface area contributed by atoms with Gasteiger partial charge in [-0.3, -0.25) is 0 Å². The number of hydrogen-bond donors (Lipinski definition) is 0. The maximum atomic E-state index is 3.72. The van der Waals surface area contributed by atoms with E-state index in [9.17, 15) is 0 Å². The van der Waals surface area contributed by atoms with E-state index in [1.165, 1.54) is 43.8 Å². The molecule has 0 aliphatic rings. The number of unbranched alkanes of at least 4 members (excludes halogenated alkanes) is 1. The molecule has 12 heavy (non-hydrogen) atoms. The Kier molecular flexibility index (Phi) is 7.91. The first-order valence-electron chi connectivity index (χ1n) is 5.27. The summed E-state index contributed by atoms with van der Waals surface area (Å²) in [6, 6.07) is 0. The molecule has 0 aromatic heterocycles. The lowest BCUT2D eigenvalue weighted by Crippen LogP contribution is -2.02. The zero-order valence-corrected chi connectivity index (χ0v) is 9.82. The van der Waals surface area contributed by atoms with Crippen molar-refractivity contribution in [2.75, 3.05) is 0 Å². The summed E-state index contributed by atoms with van der Waals surface area (Å²) in [6.07, 6.45) is 7.84. The highest BCUT2D eigenvalue weighted by Crippen LogP contribution is 2.14. The average Bonchev–Trinajstić information content (AvgIpc) is 2.01. The van der Waals surface area contributed by atoms with E-state index in [2.05, 4.69) is 29.6 Å². The summed E-state index contributed by atoms with van der Waals surface area (Å²) in [6.45, 7) is 6.85. The monoisotopic (exact) mass is 186 g/mol. The number of hydrogen-bond acceptors (Lipinski definition) is 0. The van der Waals surface area contributed by atoms with Gasteiger partial charge in [-0.2, -0.15) is 0 Å². The second-order valence-electron chi connectivity index (χ2n) is 3.81. The van der Waals surface area contributed by atoms with Gasteiger partial charge in [0.2, 0.25) is 0 Å². The molecule has 1 atom stereocenters. The normalized spacial score (nSPS) is 12.9. The van der Waals surface area contributed by atoms with Crippen molar-refractivity contribution in [2.24, 2.45) is 5.92 Å². The molecular weight excluding hydrogens is 163 g/mol. The van der Waals surface area contributed by atoms with Gasteiger partial charge in [-0.25, -0.2) is 0 Å². The lowest BCUT2D eigenvalue weighted by molar-refractivity contribution is 0.543. The molecule has 1 heteroatoms. The summed E-state index contributed by atoms with van der Waals surface area (Å²) < 4.78 is 0. The van der Waals surface area contributed by atoms with Crippen molar-refractivity contribution in [1.29, 1.82) is 0 Å². The third-order valence-corrected chi connectivity index (χ3v) is 2.66. The highest BCUT2D eigenvalue weighted by molar-refractivity contribution is 7.21. The van der Waals surface area contributed by atoms with Gasteiger partial charge in [0.25, 0.3) is 0 Å². The molecule has 0 spiro atoms. The molecule has 0 aliphatic carbocycles. The standard InChI is InChI=1S/C11H23P/c1-4-6-8-11(12)9-10(3)7-5-2/h10,12H,4-9H2,1-3H3. The van der Waals surface area contributed by atoms with Crippen molar-refractivity contribution in [3.63, 3.8) is 0 Å². The first kappa shape index (κ1) is 12.2. The highest BCUT2D eigenvalue weighted by atomic mass is 31.0. The van der Waals surface area contributed by atoms with Crippen LogP contribution in [0.25, 0.3) is 0 Å². The Bertz CT molecular complexity index is 118. The lowest BCUT2D eigenvalue weighted by atomic mass is 9.98. The Morgan fingerprint density at radius 1 is 1.25 bits per heavy atom. The van der Waals surface area contributed by atoms with Crippen molar-refractivity contribution in [3.05, 3.63) is 0 Å². The molecule has 0 heterocycles. The first-order valence-corrected chi connectivity index (χ1v) is 5.77. The van der Waals surface area contributed by atoms with Crippen LogP contribution in [-0.4, -0.2) is 5.29 Å². The fourth-order valence-corrected chi connectivity index (χ4v) is 2.03. The van der Waals surface area contributed by atoms with E-state index in [0.717, 1.165) is 5.92 Å². The fourth-order valence-electron chi connectivity index (χ4n) is 1.51. The Morgan fingerprint density at radius 2 is 1.92 bits per heavy atom. The third-order valence-electron chi connectivity index (χ3n) is 2.21. The fraction of sp³-hybridized carbons (Fsp3) is 0.909. The van der Waals surface area contributed by atoms with E-state index in [4.69, 9.17) is 0 Å². The molecule has 0 nitrogen and oxygen atoms in total. The van der Waals surface area contributed by atoms with Crippen molar-refractivity contribution in [1.82, 2.24) is 0 Å². The molecule has 0 rings (SSSR count). The molecule has 0 amide bonds. The molecule has 0 aromatic rings. The van der Waals surface area contributed by atoms with Gasteiger partial charge in [0, 0.05) is 0 Å². The summed E-state index contributed by atoms with van der Waals surface area (Å²) in [5, 5.41) is 1.51. The molecule has 0 saturated carbocycles. The van der Waals surface area contributed by atoms with Gasteiger partial charge in [-0.1, -0.05) is 40.0 Å². The minimum Gasteiger partial charge on any atom is -0.123 e. The van der Waals surface area contributed by atoms with Gasteiger partial charge < -0.3 is 0 Å². The predicted molar refractivity (Wildman–Crippen MR) is 61.5 cm³/mol. The summed E-state index contributed by atoms with van der Waals surface area (Å²) >= 11 is 0. The smallest absolute Gasteiger partial charge is 0.0253 e. The lowest BCUT2D eigenvalue weighted by Gasteiger charge is -2.10. The van der Waals surface area contributed by atoms with Gasteiger partial charge in [-0.05, 0) is 30.5 Å². The van der Waals surface area contributed by atoms with E-state index < -0.39 is 0 Å². The molecule has 0 radical (unpaired) electrons. The summed E-state index contributed by atoms with van der Waals surface area (Å²) in [5.41, 5.74) is 0. The van der Waals surface area contributed by atoms with Gasteiger partial charge in [0.1, 0.15) is 0 Å². The summed E-state index contributed by atoms with van der Waals surface area (Å²) in [7, 11) is 3.72. The van der Waals surface area contributed by atoms with Gasteiger partial charge >= 0.3 is 0 Å². The minimum absolute atomic E-state index is 0.861. The molecule has 0 bridgehead atoms. The van der Waals surface area contributed by atoms with Crippen LogP contribution in [-0.2, 0) is 0 Å². The maximum absolute atomic E-state index is 3.72. The van der Waals surface area contributed by atoms with Crippen LogP contribution in [0.3, 0.4) is 0 Å². The predicted octanol–water partition coefficient (Wildman–Crippen LogP) is 4.32. The van der Waals surface area contributed by atoms with Crippen molar-refractivity contribution < 1.29 is 0 Å². The second kappa shape index (κ2) is 7.80. The van der Waals surface area contributed by atoms with Crippen molar-refractivity contribution in [3.8, 4) is 0 Å². The first-order chi connectivity index (χ1) is 5.70. The molecular formula is C11H23P. The van der Waals surface area contributed by atoms with Crippen LogP contribution >= 0.6 is 8.86 Å². The quantitative estimate of drug-likeness (QED) is 0.519. The molecule has 0 aliphatic heterocycles. The second-order valence-corrected chi connectivity index (χ2v) is 4.51. The molecule has 72 valence electrons. The zero-order chi connectivity index (χ0) is 9.40. The van der Waals surface area contributed by atoms with E-state index in [-0.39, 0.29) is 0 Å². The van der Waals surface area contributed by atoms with E-state index in [1.807, 2.05) is 0 Å². The summed E-state index contributed by atoms with van der Waals surface area (Å²) in [5.74, 6) is 0.861. The molecule has 0 fully saturated rings. The Labute approximate surface area is 80.0 Å². The third kappa shape index (κ3) is 6.85. The van der Waals surface area contributed by atoms with Crippen LogP contribution in [0.5, 0.6) is 0 Å².